The molecule has 0 unspecified atom stereocenters. The molecule has 0 atom stereocenters. The molecule has 3 heterocycles. The van der Waals surface area contributed by atoms with Crippen LogP contribution in [0.3, 0.4) is 0 Å². The van der Waals surface area contributed by atoms with Gasteiger partial charge >= 0.3 is 0 Å². The zero-order chi connectivity index (χ0) is 18.7. The molecule has 0 bridgehead atoms. The summed E-state index contributed by atoms with van der Waals surface area (Å²) in [7, 11) is 3.95. The first-order valence-corrected chi connectivity index (χ1v) is 8.31. The lowest BCUT2D eigenvalue weighted by Crippen LogP contribution is -2.20. The van der Waals surface area contributed by atoms with E-state index in [2.05, 4.69) is 20.4 Å². The maximum absolute atomic E-state index is 12.6. The van der Waals surface area contributed by atoms with Gasteiger partial charge in [-0.25, -0.2) is 14.5 Å². The van der Waals surface area contributed by atoms with Gasteiger partial charge in [0, 0.05) is 36.8 Å². The minimum atomic E-state index is -0.254. The quantitative estimate of drug-likeness (QED) is 0.728. The van der Waals surface area contributed by atoms with Gasteiger partial charge in [-0.3, -0.25) is 4.79 Å². The highest BCUT2D eigenvalue weighted by molar-refractivity contribution is 6.05. The lowest BCUT2D eigenvalue weighted by atomic mass is 10.2. The van der Waals surface area contributed by atoms with Crippen LogP contribution in [-0.2, 0) is 0 Å². The molecule has 0 aliphatic carbocycles. The molecule has 0 saturated carbocycles. The van der Waals surface area contributed by atoms with Crippen LogP contribution in [0.15, 0.2) is 30.6 Å². The fourth-order valence-electron chi connectivity index (χ4n) is 2.48. The van der Waals surface area contributed by atoms with Gasteiger partial charge in [-0.1, -0.05) is 0 Å². The third kappa shape index (κ3) is 3.97. The average molecular weight is 354 g/mol. The third-order valence-electron chi connectivity index (χ3n) is 3.87. The summed E-state index contributed by atoms with van der Waals surface area (Å²) in [6, 6.07) is 5.29. The molecule has 136 valence electrons. The Balaban J connectivity index is 1.74. The minimum absolute atomic E-state index is 0.254. The van der Waals surface area contributed by atoms with Crippen molar-refractivity contribution < 1.29 is 9.53 Å². The van der Waals surface area contributed by atoms with Gasteiger partial charge < -0.3 is 15.0 Å². The Morgan fingerprint density at radius 3 is 2.85 bits per heavy atom. The van der Waals surface area contributed by atoms with E-state index in [1.165, 1.54) is 0 Å². The zero-order valence-electron chi connectivity index (χ0n) is 15.4. The molecule has 0 saturated heterocycles. The van der Waals surface area contributed by atoms with E-state index in [4.69, 9.17) is 4.74 Å². The van der Waals surface area contributed by atoms with Crippen LogP contribution in [0.2, 0.25) is 0 Å². The van der Waals surface area contributed by atoms with Gasteiger partial charge in [-0.2, -0.15) is 5.10 Å². The van der Waals surface area contributed by atoms with Crippen LogP contribution >= 0.6 is 0 Å². The summed E-state index contributed by atoms with van der Waals surface area (Å²) in [6.45, 7) is 5.04. The van der Waals surface area contributed by atoms with Crippen LogP contribution in [-0.4, -0.2) is 57.6 Å². The summed E-state index contributed by atoms with van der Waals surface area (Å²) in [5.74, 6) is 0.216. The van der Waals surface area contributed by atoms with Gasteiger partial charge in [0.2, 0.25) is 5.88 Å². The summed E-state index contributed by atoms with van der Waals surface area (Å²) in [4.78, 5) is 23.1. The summed E-state index contributed by atoms with van der Waals surface area (Å²) < 4.78 is 7.27. The summed E-state index contributed by atoms with van der Waals surface area (Å²) in [5, 5.41) is 7.22. The highest BCUT2D eigenvalue weighted by Gasteiger charge is 2.14. The average Bonchev–Trinajstić information content (AvgIpc) is 2.96. The number of aryl methyl sites for hydroxylation is 2. The van der Waals surface area contributed by atoms with Crippen LogP contribution in [0.25, 0.3) is 5.65 Å². The van der Waals surface area contributed by atoms with E-state index in [9.17, 15) is 4.79 Å². The molecule has 8 nitrogen and oxygen atoms in total. The smallest absolute Gasteiger partial charge is 0.259 e. The van der Waals surface area contributed by atoms with E-state index in [1.54, 1.807) is 29.0 Å². The Labute approximate surface area is 151 Å². The maximum atomic E-state index is 12.6. The van der Waals surface area contributed by atoms with Crippen molar-refractivity contribution in [3.05, 3.63) is 47.5 Å². The van der Waals surface area contributed by atoms with Crippen molar-refractivity contribution in [2.45, 2.75) is 13.8 Å². The molecule has 8 heteroatoms. The number of amides is 1. The molecule has 1 amide bonds. The topological polar surface area (TPSA) is 84.6 Å². The van der Waals surface area contributed by atoms with Gasteiger partial charge in [-0.05, 0) is 34.0 Å². The number of aromatic nitrogens is 4. The maximum Gasteiger partial charge on any atom is 0.259 e. The van der Waals surface area contributed by atoms with E-state index in [-0.39, 0.29) is 5.91 Å². The number of nitrogens with zero attached hydrogens (tertiary/aromatic N) is 5. The summed E-state index contributed by atoms with van der Waals surface area (Å²) in [6.07, 6.45) is 3.17. The molecule has 0 fully saturated rings. The van der Waals surface area contributed by atoms with Crippen LogP contribution in [0.4, 0.5) is 5.69 Å². The zero-order valence-corrected chi connectivity index (χ0v) is 15.4. The van der Waals surface area contributed by atoms with Gasteiger partial charge in [0.05, 0.1) is 17.0 Å². The Kier molecular flexibility index (Phi) is 5.13. The van der Waals surface area contributed by atoms with E-state index in [0.29, 0.717) is 23.7 Å². The Bertz CT molecular complexity index is 935. The molecule has 3 aromatic rings. The molecule has 0 radical (unpaired) electrons. The highest BCUT2D eigenvalue weighted by atomic mass is 16.5. The van der Waals surface area contributed by atoms with Crippen molar-refractivity contribution in [1.82, 2.24) is 24.5 Å². The predicted molar refractivity (Wildman–Crippen MR) is 98.7 cm³/mol. The lowest BCUT2D eigenvalue weighted by Gasteiger charge is -2.12. The van der Waals surface area contributed by atoms with Gasteiger partial charge in [0.25, 0.3) is 5.91 Å². The Morgan fingerprint density at radius 2 is 2.08 bits per heavy atom. The molecule has 0 spiro atoms. The minimum Gasteiger partial charge on any atom is -0.476 e. The fraction of sp³-hybridized carbons (Fsp3) is 0.333. The van der Waals surface area contributed by atoms with Gasteiger partial charge in [0.15, 0.2) is 5.65 Å². The Morgan fingerprint density at radius 1 is 1.27 bits per heavy atom. The second-order valence-corrected chi connectivity index (χ2v) is 6.30. The number of fused-ring (bicyclic) bond motifs is 1. The standard InChI is InChI=1S/C18H22N6O2/c1-12-9-16-20-11-15(13(2)24(16)22-12)18(25)21-14-5-6-19-17(10-14)26-8-7-23(3)4/h5-6,9-11H,7-8H2,1-4H3,(H,19,21,25). The fourth-order valence-corrected chi connectivity index (χ4v) is 2.48. The number of rotatable bonds is 6. The third-order valence-corrected chi connectivity index (χ3v) is 3.87. The van der Waals surface area contributed by atoms with Gasteiger partial charge in [-0.15, -0.1) is 0 Å². The number of hydrogen-bond acceptors (Lipinski definition) is 6. The molecule has 26 heavy (non-hydrogen) atoms. The summed E-state index contributed by atoms with van der Waals surface area (Å²) in [5.41, 5.74) is 3.38. The number of ether oxygens (including phenoxy) is 1. The SMILES string of the molecule is Cc1cc2ncc(C(=O)Nc3ccnc(OCCN(C)C)c3)c(C)n2n1. The number of carbonyl (C=O) groups is 1. The largest absolute Gasteiger partial charge is 0.476 e. The van der Waals surface area contributed by atoms with Crippen LogP contribution in [0, 0.1) is 13.8 Å². The first kappa shape index (κ1) is 17.8. The normalized spacial score (nSPS) is 11.1. The number of pyridine rings is 1. The van der Waals surface area contributed by atoms with Crippen LogP contribution in [0.5, 0.6) is 5.88 Å². The molecule has 0 aliphatic heterocycles. The second kappa shape index (κ2) is 7.49. The van der Waals surface area contributed by atoms with Crippen LogP contribution in [0.1, 0.15) is 21.7 Å². The number of anilines is 1. The lowest BCUT2D eigenvalue weighted by molar-refractivity contribution is 0.102. The van der Waals surface area contributed by atoms with Gasteiger partial charge in [0.1, 0.15) is 6.61 Å². The van der Waals surface area contributed by atoms with Crippen molar-refractivity contribution in [2.75, 3.05) is 32.6 Å². The van der Waals surface area contributed by atoms with E-state index < -0.39 is 0 Å². The van der Waals surface area contributed by atoms with Crippen LogP contribution < -0.4 is 10.1 Å². The molecule has 1 N–H and O–H groups in total. The molecule has 3 aromatic heterocycles. The highest BCUT2D eigenvalue weighted by Crippen LogP contribution is 2.17. The van der Waals surface area contributed by atoms with Crippen molar-refractivity contribution in [3.8, 4) is 5.88 Å². The molecular weight excluding hydrogens is 332 g/mol. The van der Waals surface area contributed by atoms with Crippen molar-refractivity contribution >= 4 is 17.2 Å². The number of carbonyl (C=O) groups excluding carboxylic acids is 1. The molecule has 0 aromatic carbocycles. The molecule has 3 rings (SSSR count). The summed E-state index contributed by atoms with van der Waals surface area (Å²) >= 11 is 0. The first-order valence-electron chi connectivity index (χ1n) is 8.31. The van der Waals surface area contributed by atoms with E-state index in [1.807, 2.05) is 38.9 Å². The number of nitrogens with one attached hydrogen (secondary N) is 1. The number of hydrogen-bond donors (Lipinski definition) is 1. The van der Waals surface area contributed by atoms with Crippen molar-refractivity contribution in [2.24, 2.45) is 0 Å². The number of likely N-dealkylation sites (N-methyl/N-ethyl adjacent to an activating group) is 1. The van der Waals surface area contributed by atoms with Crippen molar-refractivity contribution in [3.63, 3.8) is 0 Å². The van der Waals surface area contributed by atoms with E-state index >= 15 is 0 Å². The monoisotopic (exact) mass is 354 g/mol. The predicted octanol–water partition coefficient (Wildman–Crippen LogP) is 1.93. The Hall–Kier alpha value is -3.00. The molecular formula is C18H22N6O2. The first-order chi connectivity index (χ1) is 12.4. The second-order valence-electron chi connectivity index (χ2n) is 6.30. The van der Waals surface area contributed by atoms with Crippen molar-refractivity contribution in [1.29, 1.82) is 0 Å². The molecule has 0 aliphatic rings. The van der Waals surface area contributed by atoms with E-state index in [0.717, 1.165) is 23.6 Å².